The Morgan fingerprint density at radius 2 is 1.95 bits per heavy atom. The van der Waals surface area contributed by atoms with E-state index in [-0.39, 0.29) is 12.4 Å². The standard InChI is InChI=1S/C11H13NO9/c13-7-8(14)10(15)20-5-3-18-11(21-9(5)7)4-1-2-6(19-4)12(16)17/h1-2,5,7-11,13-15H,3H2/t5-,7-,8-,9-,10?,11?/m0/s1. The van der Waals surface area contributed by atoms with E-state index in [9.17, 15) is 25.4 Å². The van der Waals surface area contributed by atoms with Gasteiger partial charge in [-0.3, -0.25) is 10.1 Å². The number of hydrogen-bond acceptors (Lipinski definition) is 9. The van der Waals surface area contributed by atoms with Gasteiger partial charge in [-0.05, 0) is 6.07 Å². The Morgan fingerprint density at radius 1 is 1.19 bits per heavy atom. The van der Waals surface area contributed by atoms with E-state index in [1.807, 2.05) is 0 Å². The lowest BCUT2D eigenvalue weighted by molar-refractivity contribution is -0.404. The summed E-state index contributed by atoms with van der Waals surface area (Å²) < 4.78 is 20.7. The highest BCUT2D eigenvalue weighted by atomic mass is 16.7. The van der Waals surface area contributed by atoms with Crippen LogP contribution < -0.4 is 0 Å². The van der Waals surface area contributed by atoms with Gasteiger partial charge in [0.25, 0.3) is 0 Å². The molecule has 0 saturated carbocycles. The van der Waals surface area contributed by atoms with Crippen molar-refractivity contribution in [2.75, 3.05) is 6.61 Å². The Morgan fingerprint density at radius 3 is 2.62 bits per heavy atom. The van der Waals surface area contributed by atoms with Gasteiger partial charge in [-0.25, -0.2) is 0 Å². The first kappa shape index (κ1) is 14.4. The van der Waals surface area contributed by atoms with Crippen molar-refractivity contribution >= 4 is 5.88 Å². The van der Waals surface area contributed by atoms with Crippen molar-refractivity contribution in [1.82, 2.24) is 0 Å². The molecule has 0 amide bonds. The molecule has 3 heterocycles. The minimum Gasteiger partial charge on any atom is -0.400 e. The minimum atomic E-state index is -1.53. The third-order valence-corrected chi connectivity index (χ3v) is 3.38. The molecular weight excluding hydrogens is 290 g/mol. The van der Waals surface area contributed by atoms with Gasteiger partial charge in [0.15, 0.2) is 12.1 Å². The Balaban J connectivity index is 1.75. The smallest absolute Gasteiger partial charge is 0.400 e. The number of aliphatic hydroxyl groups is 3. The average Bonchev–Trinajstić information content (AvgIpc) is 2.95. The Kier molecular flexibility index (Phi) is 3.65. The van der Waals surface area contributed by atoms with E-state index in [4.69, 9.17) is 18.6 Å². The highest BCUT2D eigenvalue weighted by Gasteiger charge is 2.48. The summed E-state index contributed by atoms with van der Waals surface area (Å²) in [6.07, 6.45) is -7.22. The number of rotatable bonds is 2. The van der Waals surface area contributed by atoms with Crippen LogP contribution in [0.15, 0.2) is 16.5 Å². The zero-order valence-corrected chi connectivity index (χ0v) is 10.6. The van der Waals surface area contributed by atoms with E-state index in [2.05, 4.69) is 0 Å². The first-order valence-electron chi connectivity index (χ1n) is 6.18. The van der Waals surface area contributed by atoms with Crippen molar-refractivity contribution in [3.05, 3.63) is 28.0 Å². The SMILES string of the molecule is O=[N+]([O-])c1ccc(C2OC[C@@H]3OC(O)[C@@H](O)[C@H](O)[C@H]3O2)o1. The van der Waals surface area contributed by atoms with Crippen molar-refractivity contribution in [2.24, 2.45) is 0 Å². The maximum atomic E-state index is 10.6. The number of aliphatic hydroxyl groups excluding tert-OH is 3. The second-order valence-electron chi connectivity index (χ2n) is 4.75. The molecule has 116 valence electrons. The third-order valence-electron chi connectivity index (χ3n) is 3.38. The molecule has 3 rings (SSSR count). The minimum absolute atomic E-state index is 0.0370. The van der Waals surface area contributed by atoms with E-state index >= 15 is 0 Å². The molecule has 1 aromatic rings. The number of fused-ring (bicyclic) bond motifs is 1. The van der Waals surface area contributed by atoms with Gasteiger partial charge in [0.2, 0.25) is 6.29 Å². The van der Waals surface area contributed by atoms with Gasteiger partial charge < -0.3 is 33.9 Å². The second-order valence-corrected chi connectivity index (χ2v) is 4.75. The molecule has 3 N–H and O–H groups in total. The molecule has 2 saturated heterocycles. The molecule has 2 aliphatic rings. The van der Waals surface area contributed by atoms with Crippen molar-refractivity contribution in [3.63, 3.8) is 0 Å². The molecule has 2 fully saturated rings. The number of nitro groups is 1. The molecular formula is C11H13NO9. The van der Waals surface area contributed by atoms with Gasteiger partial charge in [-0.1, -0.05) is 0 Å². The zero-order chi connectivity index (χ0) is 15.1. The van der Waals surface area contributed by atoms with Gasteiger partial charge in [0.1, 0.15) is 29.3 Å². The normalized spacial score (nSPS) is 39.8. The third kappa shape index (κ3) is 2.52. The van der Waals surface area contributed by atoms with Crippen LogP contribution in [-0.4, -0.2) is 57.6 Å². The van der Waals surface area contributed by atoms with Crippen molar-refractivity contribution in [3.8, 4) is 0 Å². The molecule has 2 aliphatic heterocycles. The molecule has 21 heavy (non-hydrogen) atoms. The quantitative estimate of drug-likeness (QED) is 0.464. The lowest BCUT2D eigenvalue weighted by atomic mass is 9.98. The topological polar surface area (TPSA) is 145 Å². The largest absolute Gasteiger partial charge is 0.433 e. The Bertz CT molecular complexity index is 530. The van der Waals surface area contributed by atoms with Gasteiger partial charge in [-0.2, -0.15) is 0 Å². The molecule has 1 aromatic heterocycles. The zero-order valence-electron chi connectivity index (χ0n) is 10.6. The van der Waals surface area contributed by atoms with E-state index in [0.29, 0.717) is 0 Å². The van der Waals surface area contributed by atoms with Crippen LogP contribution in [0.4, 0.5) is 5.88 Å². The molecule has 10 nitrogen and oxygen atoms in total. The molecule has 0 aromatic carbocycles. The highest BCUT2D eigenvalue weighted by molar-refractivity contribution is 5.18. The Labute approximate surface area is 117 Å². The van der Waals surface area contributed by atoms with Crippen LogP contribution in [0, 0.1) is 10.1 Å². The second kappa shape index (κ2) is 5.33. The van der Waals surface area contributed by atoms with Gasteiger partial charge in [0, 0.05) is 0 Å². The van der Waals surface area contributed by atoms with Crippen LogP contribution in [0.5, 0.6) is 0 Å². The summed E-state index contributed by atoms with van der Waals surface area (Å²) in [6.45, 7) is -0.0370. The summed E-state index contributed by atoms with van der Waals surface area (Å²) in [4.78, 5) is 9.86. The number of ether oxygens (including phenoxy) is 3. The van der Waals surface area contributed by atoms with E-state index in [0.717, 1.165) is 6.07 Å². The Hall–Kier alpha value is -1.56. The monoisotopic (exact) mass is 303 g/mol. The van der Waals surface area contributed by atoms with Gasteiger partial charge in [-0.15, -0.1) is 0 Å². The van der Waals surface area contributed by atoms with Crippen molar-refractivity contribution in [2.45, 2.75) is 37.0 Å². The molecule has 0 spiro atoms. The van der Waals surface area contributed by atoms with Crippen LogP contribution in [0.2, 0.25) is 0 Å². The fraction of sp³-hybridized carbons (Fsp3) is 0.636. The van der Waals surface area contributed by atoms with Crippen LogP contribution in [-0.2, 0) is 14.2 Å². The summed E-state index contributed by atoms with van der Waals surface area (Å²) in [6, 6.07) is 2.48. The molecule has 0 aliphatic carbocycles. The predicted octanol–water partition coefficient (Wildman–Crippen LogP) is -0.959. The predicted molar refractivity (Wildman–Crippen MR) is 61.8 cm³/mol. The summed E-state index contributed by atoms with van der Waals surface area (Å²) >= 11 is 0. The fourth-order valence-electron chi connectivity index (χ4n) is 2.30. The molecule has 0 bridgehead atoms. The fourth-order valence-corrected chi connectivity index (χ4v) is 2.30. The maximum Gasteiger partial charge on any atom is 0.433 e. The molecule has 0 radical (unpaired) electrons. The summed E-state index contributed by atoms with van der Waals surface area (Å²) in [5, 5.41) is 39.4. The number of hydrogen-bond donors (Lipinski definition) is 3. The van der Waals surface area contributed by atoms with Crippen molar-refractivity contribution < 1.29 is 38.9 Å². The van der Waals surface area contributed by atoms with Crippen molar-refractivity contribution in [1.29, 1.82) is 0 Å². The first-order valence-corrected chi connectivity index (χ1v) is 6.18. The first-order chi connectivity index (χ1) is 9.97. The van der Waals surface area contributed by atoms with Crippen LogP contribution >= 0.6 is 0 Å². The number of nitrogens with zero attached hydrogens (tertiary/aromatic N) is 1. The van der Waals surface area contributed by atoms with Gasteiger partial charge in [0.05, 0.1) is 12.7 Å². The molecule has 10 heteroatoms. The van der Waals surface area contributed by atoms with E-state index < -0.39 is 47.8 Å². The number of furan rings is 1. The highest BCUT2D eigenvalue weighted by Crippen LogP contribution is 2.35. The lowest BCUT2D eigenvalue weighted by Crippen LogP contribution is -2.61. The van der Waals surface area contributed by atoms with Crippen LogP contribution in [0.1, 0.15) is 12.1 Å². The summed E-state index contributed by atoms with van der Waals surface area (Å²) in [5.74, 6) is -0.400. The summed E-state index contributed by atoms with van der Waals surface area (Å²) in [5.41, 5.74) is 0. The van der Waals surface area contributed by atoms with E-state index in [1.54, 1.807) is 0 Å². The lowest BCUT2D eigenvalue weighted by Gasteiger charge is -2.44. The average molecular weight is 303 g/mol. The van der Waals surface area contributed by atoms with Crippen LogP contribution in [0.3, 0.4) is 0 Å². The molecule has 2 unspecified atom stereocenters. The van der Waals surface area contributed by atoms with Crippen LogP contribution in [0.25, 0.3) is 0 Å². The molecule has 6 atom stereocenters. The maximum absolute atomic E-state index is 10.6. The van der Waals surface area contributed by atoms with Gasteiger partial charge >= 0.3 is 5.88 Å². The summed E-state index contributed by atoms with van der Waals surface area (Å²) in [7, 11) is 0. The van der Waals surface area contributed by atoms with E-state index in [1.165, 1.54) is 6.07 Å².